The molecular weight excluding hydrogens is 374 g/mol. The number of halogens is 4. The maximum Gasteiger partial charge on any atom is 0.453 e. The number of fused-ring (bicyclic) bond motifs is 1. The Kier molecular flexibility index (Phi) is 4.19. The molecule has 9 heteroatoms. The van der Waals surface area contributed by atoms with Crippen molar-refractivity contribution < 1.29 is 17.6 Å². The molecule has 1 aromatic heterocycles. The van der Waals surface area contributed by atoms with Crippen LogP contribution in [0.3, 0.4) is 0 Å². The average Bonchev–Trinajstić information content (AvgIpc) is 3.13. The lowest BCUT2D eigenvalue weighted by atomic mass is 9.95. The Morgan fingerprint density at radius 2 is 1.71 bits per heavy atom. The van der Waals surface area contributed by atoms with Gasteiger partial charge in [-0.2, -0.15) is 23.4 Å². The number of nitriles is 1. The smallest absolute Gasteiger partial charge is 0.222 e. The monoisotopic (exact) mass is 385 g/mol. The third-order valence-electron chi connectivity index (χ3n) is 4.39. The van der Waals surface area contributed by atoms with E-state index in [2.05, 4.69) is 15.1 Å². The Bertz CT molecular complexity index is 1090. The van der Waals surface area contributed by atoms with Crippen LogP contribution in [-0.2, 0) is 6.18 Å². The van der Waals surface area contributed by atoms with Crippen molar-refractivity contribution in [3.05, 3.63) is 76.9 Å². The quantitative estimate of drug-likeness (QED) is 0.613. The highest BCUT2D eigenvalue weighted by Crippen LogP contribution is 2.36. The molecule has 0 bridgehead atoms. The highest BCUT2D eigenvalue weighted by atomic mass is 19.4. The molecule has 0 N–H and O–H groups in total. The number of benzene rings is 2. The first kappa shape index (κ1) is 17.9. The van der Waals surface area contributed by atoms with E-state index in [9.17, 15) is 17.6 Å². The molecule has 0 spiro atoms. The fourth-order valence-corrected chi connectivity index (χ4v) is 3.02. The molecule has 28 heavy (non-hydrogen) atoms. The first-order valence-electron chi connectivity index (χ1n) is 8.22. The van der Waals surface area contributed by atoms with Crippen molar-refractivity contribution in [1.82, 2.24) is 14.8 Å². The third-order valence-corrected chi connectivity index (χ3v) is 4.39. The molecule has 1 unspecified atom stereocenters. The zero-order valence-corrected chi connectivity index (χ0v) is 14.2. The number of rotatable bonds is 2. The topological polar surface area (TPSA) is 66.9 Å². The van der Waals surface area contributed by atoms with E-state index in [1.165, 1.54) is 24.3 Å². The molecule has 5 nitrogen and oxygen atoms in total. The minimum Gasteiger partial charge on any atom is -0.222 e. The van der Waals surface area contributed by atoms with Gasteiger partial charge in [-0.1, -0.05) is 24.3 Å². The van der Waals surface area contributed by atoms with Crippen LogP contribution in [0.4, 0.5) is 23.5 Å². The first-order valence-corrected chi connectivity index (χ1v) is 8.22. The number of hydrogen-bond donors (Lipinski definition) is 0. The number of nitrogens with zero attached hydrogens (tertiary/aromatic N) is 5. The van der Waals surface area contributed by atoms with Crippen molar-refractivity contribution in [2.24, 2.45) is 4.99 Å². The lowest BCUT2D eigenvalue weighted by Gasteiger charge is -2.23. The second kappa shape index (κ2) is 6.56. The van der Waals surface area contributed by atoms with Crippen molar-refractivity contribution >= 4 is 11.7 Å². The summed E-state index contributed by atoms with van der Waals surface area (Å²) in [5, 5.41) is 12.6. The van der Waals surface area contributed by atoms with E-state index in [0.717, 1.165) is 4.68 Å². The molecule has 1 aliphatic heterocycles. The highest BCUT2D eigenvalue weighted by molar-refractivity contribution is 6.02. The number of hydrogen-bond acceptors (Lipinski definition) is 4. The Morgan fingerprint density at radius 3 is 2.32 bits per heavy atom. The maximum absolute atomic E-state index is 13.2. The standard InChI is InChI=1S/C19H11F4N5/c20-14-7-5-12(6-8-14)15-9-16(13-3-1-11(10-24)2-4-13)28-18(25-15)26-17(27-28)19(21,22)23/h1-8,16H,9H2. The SMILES string of the molecule is N#Cc1ccc(C2CC(c3ccc(F)cc3)=Nc3nc(C(F)(F)F)nn32)cc1. The molecule has 0 aliphatic carbocycles. The zero-order valence-electron chi connectivity index (χ0n) is 14.2. The van der Waals surface area contributed by atoms with Gasteiger partial charge >= 0.3 is 6.18 Å². The van der Waals surface area contributed by atoms with E-state index in [1.54, 1.807) is 24.3 Å². The molecule has 0 saturated heterocycles. The summed E-state index contributed by atoms with van der Waals surface area (Å²) in [6, 6.07) is 13.4. The Labute approximate surface area is 156 Å². The molecule has 1 atom stereocenters. The second-order valence-electron chi connectivity index (χ2n) is 6.20. The molecule has 2 aromatic carbocycles. The summed E-state index contributed by atoms with van der Waals surface area (Å²) in [7, 11) is 0. The first-order chi connectivity index (χ1) is 13.3. The van der Waals surface area contributed by atoms with Gasteiger partial charge in [0.05, 0.1) is 23.4 Å². The van der Waals surface area contributed by atoms with Gasteiger partial charge in [0.2, 0.25) is 5.95 Å². The summed E-state index contributed by atoms with van der Waals surface area (Å²) in [5.41, 5.74) is 2.15. The summed E-state index contributed by atoms with van der Waals surface area (Å²) in [5.74, 6) is -1.87. The van der Waals surface area contributed by atoms with E-state index >= 15 is 0 Å². The fourth-order valence-electron chi connectivity index (χ4n) is 3.02. The average molecular weight is 385 g/mol. The van der Waals surface area contributed by atoms with E-state index in [4.69, 9.17) is 5.26 Å². The normalized spacial score (nSPS) is 16.2. The minimum absolute atomic E-state index is 0.174. The Morgan fingerprint density at radius 1 is 1.04 bits per heavy atom. The largest absolute Gasteiger partial charge is 0.453 e. The van der Waals surface area contributed by atoms with Crippen LogP contribution in [0.2, 0.25) is 0 Å². The summed E-state index contributed by atoms with van der Waals surface area (Å²) >= 11 is 0. The van der Waals surface area contributed by atoms with Gasteiger partial charge < -0.3 is 0 Å². The molecular formula is C19H11F4N5. The van der Waals surface area contributed by atoms with Gasteiger partial charge in [0.1, 0.15) is 5.82 Å². The zero-order chi connectivity index (χ0) is 19.9. The van der Waals surface area contributed by atoms with Crippen LogP contribution in [0.15, 0.2) is 53.5 Å². The summed E-state index contributed by atoms with van der Waals surface area (Å²) < 4.78 is 53.7. The summed E-state index contributed by atoms with van der Waals surface area (Å²) in [6.07, 6.45) is -4.46. The Balaban J connectivity index is 1.83. The van der Waals surface area contributed by atoms with Gasteiger partial charge in [-0.3, -0.25) is 0 Å². The number of aromatic nitrogens is 3. The van der Waals surface area contributed by atoms with Gasteiger partial charge in [0, 0.05) is 6.42 Å². The lowest BCUT2D eigenvalue weighted by molar-refractivity contribution is -0.145. The van der Waals surface area contributed by atoms with Crippen molar-refractivity contribution in [2.75, 3.05) is 0 Å². The van der Waals surface area contributed by atoms with Crippen LogP contribution in [-0.4, -0.2) is 20.5 Å². The summed E-state index contributed by atoms with van der Waals surface area (Å²) in [6.45, 7) is 0. The van der Waals surface area contributed by atoms with E-state index < -0.39 is 23.9 Å². The number of aliphatic imine (C=N–C) groups is 1. The van der Waals surface area contributed by atoms with Crippen molar-refractivity contribution in [2.45, 2.75) is 18.6 Å². The second-order valence-corrected chi connectivity index (χ2v) is 6.20. The van der Waals surface area contributed by atoms with Crippen LogP contribution in [0, 0.1) is 17.1 Å². The fraction of sp³-hybridized carbons (Fsp3) is 0.158. The number of alkyl halides is 3. The van der Waals surface area contributed by atoms with Crippen molar-refractivity contribution in [3.63, 3.8) is 0 Å². The van der Waals surface area contributed by atoms with Crippen LogP contribution in [0.1, 0.15) is 35.0 Å². The van der Waals surface area contributed by atoms with E-state index in [1.807, 2.05) is 6.07 Å². The molecule has 2 heterocycles. The van der Waals surface area contributed by atoms with Gasteiger partial charge in [-0.15, -0.1) is 5.10 Å². The van der Waals surface area contributed by atoms with Crippen LogP contribution in [0.25, 0.3) is 0 Å². The highest BCUT2D eigenvalue weighted by Gasteiger charge is 2.39. The molecule has 0 fully saturated rings. The minimum atomic E-state index is -4.70. The van der Waals surface area contributed by atoms with E-state index in [0.29, 0.717) is 22.4 Å². The third kappa shape index (κ3) is 3.24. The van der Waals surface area contributed by atoms with Gasteiger partial charge in [-0.25, -0.2) is 14.1 Å². The maximum atomic E-state index is 13.2. The molecule has 0 saturated carbocycles. The van der Waals surface area contributed by atoms with Crippen LogP contribution in [0.5, 0.6) is 0 Å². The predicted molar refractivity (Wildman–Crippen MR) is 91.5 cm³/mol. The van der Waals surface area contributed by atoms with Crippen molar-refractivity contribution in [3.8, 4) is 6.07 Å². The predicted octanol–water partition coefficient (Wildman–Crippen LogP) is 4.42. The van der Waals surface area contributed by atoms with Crippen molar-refractivity contribution in [1.29, 1.82) is 5.26 Å². The molecule has 0 amide bonds. The molecule has 140 valence electrons. The molecule has 4 rings (SSSR count). The summed E-state index contributed by atoms with van der Waals surface area (Å²) in [4.78, 5) is 7.76. The van der Waals surface area contributed by atoms with Gasteiger partial charge in [0.25, 0.3) is 5.82 Å². The van der Waals surface area contributed by atoms with Crippen LogP contribution < -0.4 is 0 Å². The molecule has 0 radical (unpaired) electrons. The van der Waals surface area contributed by atoms with E-state index in [-0.39, 0.29) is 12.4 Å². The lowest BCUT2D eigenvalue weighted by Crippen LogP contribution is -2.21. The Hall–Kier alpha value is -3.54. The van der Waals surface area contributed by atoms with Gasteiger partial charge in [-0.05, 0) is 35.4 Å². The molecule has 1 aliphatic rings. The van der Waals surface area contributed by atoms with Gasteiger partial charge in [0.15, 0.2) is 0 Å². The molecule has 3 aromatic rings. The van der Waals surface area contributed by atoms with Crippen LogP contribution >= 0.6 is 0 Å².